The van der Waals surface area contributed by atoms with Gasteiger partial charge in [-0.25, -0.2) is 3.93 Å². The third-order valence-electron chi connectivity index (χ3n) is 2.08. The number of carbonyl (C=O) groups is 3. The highest BCUT2D eigenvalue weighted by Crippen LogP contribution is 2.32. The summed E-state index contributed by atoms with van der Waals surface area (Å²) in [4.78, 5) is 34.1. The lowest BCUT2D eigenvalue weighted by Gasteiger charge is -2.04. The molecule has 6 heteroatoms. The lowest BCUT2D eigenvalue weighted by Crippen LogP contribution is -2.17. The second-order valence-corrected chi connectivity index (χ2v) is 3.87. The van der Waals surface area contributed by atoms with Gasteiger partial charge >= 0.3 is 5.97 Å². The molecule has 1 aliphatic heterocycles. The fraction of sp³-hybridized carbons (Fsp3) is 0.100. The fourth-order valence-corrected chi connectivity index (χ4v) is 1.83. The smallest absolute Gasteiger partial charge is 0.308 e. The van der Waals surface area contributed by atoms with Gasteiger partial charge in [-0.2, -0.15) is 0 Å². The molecule has 0 bridgehead atoms. The number of rotatable bonds is 1. The van der Waals surface area contributed by atoms with Gasteiger partial charge in [0, 0.05) is 6.92 Å². The van der Waals surface area contributed by atoms with E-state index in [1.807, 2.05) is 0 Å². The Balaban J connectivity index is 2.58. The van der Waals surface area contributed by atoms with Gasteiger partial charge in [0.15, 0.2) is 0 Å². The molecular weight excluding hydrogens is 278 g/mol. The molecule has 2 amide bonds. The number of nitrogens with zero attached hydrogens (tertiary/aromatic N) is 1. The first-order chi connectivity index (χ1) is 7.52. The standard InChI is InChI=1S/C10H6BrNO4/c1-5(13)16-7-4-2-3-6-8(7)10(15)12(11)9(6)14/h2-4H,1H3. The maximum Gasteiger partial charge on any atom is 0.308 e. The third kappa shape index (κ3) is 1.51. The first-order valence-corrected chi connectivity index (χ1v) is 5.09. The fourth-order valence-electron chi connectivity index (χ4n) is 1.47. The largest absolute Gasteiger partial charge is 0.426 e. The lowest BCUT2D eigenvalue weighted by molar-refractivity contribution is -0.131. The average Bonchev–Trinajstić information content (AvgIpc) is 2.44. The molecule has 1 heterocycles. The number of fused-ring (bicyclic) bond motifs is 1. The van der Waals surface area contributed by atoms with Crippen LogP contribution in [0.15, 0.2) is 18.2 Å². The van der Waals surface area contributed by atoms with Crippen molar-refractivity contribution in [1.29, 1.82) is 0 Å². The molecule has 1 aliphatic rings. The summed E-state index contributed by atoms with van der Waals surface area (Å²) in [7, 11) is 0. The van der Waals surface area contributed by atoms with Crippen molar-refractivity contribution in [2.75, 3.05) is 0 Å². The van der Waals surface area contributed by atoms with Gasteiger partial charge in [-0.1, -0.05) is 6.07 Å². The van der Waals surface area contributed by atoms with Crippen molar-refractivity contribution in [2.45, 2.75) is 6.92 Å². The van der Waals surface area contributed by atoms with Crippen LogP contribution in [0.2, 0.25) is 0 Å². The number of imide groups is 1. The Hall–Kier alpha value is -1.69. The van der Waals surface area contributed by atoms with Gasteiger partial charge < -0.3 is 4.74 Å². The van der Waals surface area contributed by atoms with Crippen LogP contribution in [-0.2, 0) is 4.79 Å². The Morgan fingerprint density at radius 1 is 1.31 bits per heavy atom. The molecule has 0 spiro atoms. The Kier molecular flexibility index (Phi) is 2.51. The number of amides is 2. The minimum absolute atomic E-state index is 0.102. The molecule has 0 fully saturated rings. The molecular formula is C10H6BrNO4. The van der Waals surface area contributed by atoms with Crippen LogP contribution in [-0.4, -0.2) is 21.7 Å². The van der Waals surface area contributed by atoms with Crippen LogP contribution >= 0.6 is 16.1 Å². The summed E-state index contributed by atoms with van der Waals surface area (Å²) in [5.41, 5.74) is 0.334. The molecule has 5 nitrogen and oxygen atoms in total. The normalized spacial score (nSPS) is 14.0. The molecule has 16 heavy (non-hydrogen) atoms. The van der Waals surface area contributed by atoms with E-state index in [-0.39, 0.29) is 16.9 Å². The quantitative estimate of drug-likeness (QED) is 0.339. The summed E-state index contributed by atoms with van der Waals surface area (Å²) in [6.07, 6.45) is 0. The predicted molar refractivity (Wildman–Crippen MR) is 57.2 cm³/mol. The van der Waals surface area contributed by atoms with Crippen molar-refractivity contribution in [1.82, 2.24) is 3.93 Å². The minimum Gasteiger partial charge on any atom is -0.426 e. The zero-order chi connectivity index (χ0) is 11.9. The van der Waals surface area contributed by atoms with E-state index in [1.54, 1.807) is 6.07 Å². The van der Waals surface area contributed by atoms with Crippen molar-refractivity contribution >= 4 is 33.9 Å². The zero-order valence-corrected chi connectivity index (χ0v) is 9.78. The highest BCUT2D eigenvalue weighted by molar-refractivity contribution is 9.08. The SMILES string of the molecule is CC(=O)Oc1cccc2c1C(=O)N(Br)C2=O. The van der Waals surface area contributed by atoms with Gasteiger partial charge in [-0.3, -0.25) is 14.4 Å². The highest BCUT2D eigenvalue weighted by Gasteiger charge is 2.37. The second kappa shape index (κ2) is 3.71. The van der Waals surface area contributed by atoms with Gasteiger partial charge in [0.05, 0.1) is 27.3 Å². The van der Waals surface area contributed by atoms with Crippen LogP contribution in [0.4, 0.5) is 0 Å². The Labute approximate surface area is 99.3 Å². The molecule has 0 aliphatic carbocycles. The van der Waals surface area contributed by atoms with Gasteiger partial charge in [0.1, 0.15) is 5.75 Å². The van der Waals surface area contributed by atoms with Crippen molar-refractivity contribution in [3.05, 3.63) is 29.3 Å². The van der Waals surface area contributed by atoms with E-state index < -0.39 is 17.8 Å². The number of esters is 1. The average molecular weight is 284 g/mol. The second-order valence-electron chi connectivity index (χ2n) is 3.16. The van der Waals surface area contributed by atoms with Crippen LogP contribution in [0.3, 0.4) is 0 Å². The zero-order valence-electron chi connectivity index (χ0n) is 8.19. The van der Waals surface area contributed by atoms with Crippen molar-refractivity contribution in [2.24, 2.45) is 0 Å². The van der Waals surface area contributed by atoms with E-state index in [1.165, 1.54) is 19.1 Å². The van der Waals surface area contributed by atoms with E-state index in [4.69, 9.17) is 4.74 Å². The topological polar surface area (TPSA) is 63.7 Å². The summed E-state index contributed by atoms with van der Waals surface area (Å²) < 4.78 is 5.67. The van der Waals surface area contributed by atoms with Crippen LogP contribution in [0.5, 0.6) is 5.75 Å². The molecule has 0 saturated heterocycles. The summed E-state index contributed by atoms with van der Waals surface area (Å²) in [5.74, 6) is -1.43. The van der Waals surface area contributed by atoms with Crippen LogP contribution in [0.1, 0.15) is 27.6 Å². The molecule has 82 valence electrons. The first kappa shape index (κ1) is 10.8. The Morgan fingerprint density at radius 3 is 2.62 bits per heavy atom. The molecule has 0 aromatic heterocycles. The van der Waals surface area contributed by atoms with Gasteiger partial charge in [-0.05, 0) is 12.1 Å². The Morgan fingerprint density at radius 2 is 2.00 bits per heavy atom. The van der Waals surface area contributed by atoms with Gasteiger partial charge in [0.2, 0.25) is 0 Å². The molecule has 1 aromatic carbocycles. The van der Waals surface area contributed by atoms with E-state index >= 15 is 0 Å². The number of carbonyl (C=O) groups excluding carboxylic acids is 3. The summed E-state index contributed by atoms with van der Waals surface area (Å²) in [5, 5.41) is 0. The molecule has 0 saturated carbocycles. The van der Waals surface area contributed by atoms with Gasteiger partial charge in [0.25, 0.3) is 11.8 Å². The van der Waals surface area contributed by atoms with E-state index in [0.29, 0.717) is 0 Å². The minimum atomic E-state index is -0.540. The monoisotopic (exact) mass is 283 g/mol. The molecule has 0 N–H and O–H groups in total. The van der Waals surface area contributed by atoms with E-state index in [0.717, 1.165) is 3.93 Å². The highest BCUT2D eigenvalue weighted by atomic mass is 79.9. The number of hydrogen-bond acceptors (Lipinski definition) is 4. The van der Waals surface area contributed by atoms with E-state index in [2.05, 4.69) is 16.1 Å². The third-order valence-corrected chi connectivity index (χ3v) is 2.73. The number of halogens is 1. The van der Waals surface area contributed by atoms with Crippen LogP contribution < -0.4 is 4.74 Å². The summed E-state index contributed by atoms with van der Waals surface area (Å²) in [6.45, 7) is 1.23. The maximum absolute atomic E-state index is 11.7. The summed E-state index contributed by atoms with van der Waals surface area (Å²) in [6, 6.07) is 4.52. The van der Waals surface area contributed by atoms with Crippen molar-refractivity contribution in [3.8, 4) is 5.75 Å². The molecule has 0 unspecified atom stereocenters. The maximum atomic E-state index is 11.7. The van der Waals surface area contributed by atoms with Crippen molar-refractivity contribution < 1.29 is 19.1 Å². The summed E-state index contributed by atoms with van der Waals surface area (Å²) >= 11 is 2.84. The predicted octanol–water partition coefficient (Wildman–Crippen LogP) is 1.52. The molecule has 0 atom stereocenters. The molecule has 1 aromatic rings. The van der Waals surface area contributed by atoms with E-state index in [9.17, 15) is 14.4 Å². The first-order valence-electron chi connectivity index (χ1n) is 4.38. The number of ether oxygens (including phenoxy) is 1. The van der Waals surface area contributed by atoms with Crippen LogP contribution in [0, 0.1) is 0 Å². The Bertz CT molecular complexity index is 512. The van der Waals surface area contributed by atoms with Gasteiger partial charge in [-0.15, -0.1) is 0 Å². The molecule has 2 rings (SSSR count). The lowest BCUT2D eigenvalue weighted by atomic mass is 10.1. The van der Waals surface area contributed by atoms with Crippen LogP contribution in [0.25, 0.3) is 0 Å². The molecule has 0 radical (unpaired) electrons. The van der Waals surface area contributed by atoms with Crippen molar-refractivity contribution in [3.63, 3.8) is 0 Å². The number of hydrogen-bond donors (Lipinski definition) is 0. The number of benzene rings is 1.